The van der Waals surface area contributed by atoms with Crippen molar-refractivity contribution in [2.75, 3.05) is 11.5 Å². The topological polar surface area (TPSA) is 17.1 Å². The van der Waals surface area contributed by atoms with Crippen molar-refractivity contribution in [2.24, 2.45) is 5.92 Å². The van der Waals surface area contributed by atoms with E-state index in [1.54, 1.807) is 0 Å². The highest BCUT2D eigenvalue weighted by Crippen LogP contribution is 2.42. The molecule has 1 heterocycles. The number of ketones is 1. The second-order valence-electron chi connectivity index (χ2n) is 3.62. The third kappa shape index (κ3) is 1.96. The Morgan fingerprint density at radius 1 is 1.31 bits per heavy atom. The van der Waals surface area contributed by atoms with Crippen molar-refractivity contribution in [1.82, 2.24) is 0 Å². The Bertz CT molecular complexity index is 250. The van der Waals surface area contributed by atoms with Gasteiger partial charge in [0, 0.05) is 15.7 Å². The van der Waals surface area contributed by atoms with Crippen LogP contribution in [0, 0.1) is 5.92 Å². The van der Waals surface area contributed by atoms with Gasteiger partial charge in [0.25, 0.3) is 0 Å². The molecule has 0 amide bonds. The van der Waals surface area contributed by atoms with Gasteiger partial charge in [-0.05, 0) is 30.8 Å². The molecule has 1 aliphatic heterocycles. The lowest BCUT2D eigenvalue weighted by molar-refractivity contribution is -0.117. The smallest absolute Gasteiger partial charge is 0.163 e. The summed E-state index contributed by atoms with van der Waals surface area (Å²) in [5.74, 6) is 3.10. The lowest BCUT2D eigenvalue weighted by Gasteiger charge is -2.14. The quantitative estimate of drug-likeness (QED) is 0.577. The molecule has 0 N–H and O–H groups in total. The van der Waals surface area contributed by atoms with Gasteiger partial charge in [0.15, 0.2) is 5.78 Å². The summed E-state index contributed by atoms with van der Waals surface area (Å²) in [7, 11) is 0. The summed E-state index contributed by atoms with van der Waals surface area (Å²) >= 11 is 3.78. The summed E-state index contributed by atoms with van der Waals surface area (Å²) < 4.78 is 1.33. The van der Waals surface area contributed by atoms with Gasteiger partial charge in [-0.2, -0.15) is 0 Å². The molecule has 2 rings (SSSR count). The van der Waals surface area contributed by atoms with Gasteiger partial charge in [-0.25, -0.2) is 0 Å². The second kappa shape index (κ2) is 4.09. The predicted octanol–water partition coefficient (Wildman–Crippen LogP) is 3.07. The molecule has 72 valence electrons. The Morgan fingerprint density at radius 2 is 2.00 bits per heavy atom. The summed E-state index contributed by atoms with van der Waals surface area (Å²) in [6.45, 7) is 2.05. The van der Waals surface area contributed by atoms with E-state index in [-0.39, 0.29) is 5.92 Å². The first-order chi connectivity index (χ1) is 6.29. The first-order valence-electron chi connectivity index (χ1n) is 4.82. The fourth-order valence-corrected chi connectivity index (χ4v) is 4.44. The third-order valence-electron chi connectivity index (χ3n) is 2.57. The average molecular weight is 214 g/mol. The van der Waals surface area contributed by atoms with Crippen LogP contribution in [0.2, 0.25) is 0 Å². The molecule has 1 saturated heterocycles. The summed E-state index contributed by atoms with van der Waals surface area (Å²) in [5.41, 5.74) is 1.14. The van der Waals surface area contributed by atoms with Gasteiger partial charge in [-0.15, -0.1) is 23.5 Å². The number of hydrogen-bond donors (Lipinski definition) is 0. The van der Waals surface area contributed by atoms with Crippen LogP contribution in [0.1, 0.15) is 26.2 Å². The summed E-state index contributed by atoms with van der Waals surface area (Å²) in [6.07, 6.45) is 3.38. The number of hydrogen-bond acceptors (Lipinski definition) is 3. The van der Waals surface area contributed by atoms with E-state index in [1.807, 2.05) is 30.4 Å². The number of rotatable bonds is 0. The first-order valence-corrected chi connectivity index (χ1v) is 6.79. The normalized spacial score (nSPS) is 29.9. The van der Waals surface area contributed by atoms with Crippen molar-refractivity contribution >= 4 is 29.3 Å². The zero-order valence-electron chi connectivity index (χ0n) is 7.84. The Labute approximate surface area is 87.7 Å². The molecule has 3 heteroatoms. The molecule has 1 atom stereocenters. The fraction of sp³-hybridized carbons (Fsp3) is 0.700. The zero-order valence-corrected chi connectivity index (χ0v) is 9.47. The van der Waals surface area contributed by atoms with E-state index in [0.717, 1.165) is 18.4 Å². The highest BCUT2D eigenvalue weighted by Gasteiger charge is 2.28. The molecule has 1 unspecified atom stereocenters. The minimum atomic E-state index is 0.283. The number of allylic oxidation sites excluding steroid dienone is 1. The molecule has 13 heavy (non-hydrogen) atoms. The number of carbonyl (C=O) groups excluding carboxylic acids is 1. The van der Waals surface area contributed by atoms with Crippen molar-refractivity contribution in [3.63, 3.8) is 0 Å². The lowest BCUT2D eigenvalue weighted by Crippen LogP contribution is -2.05. The van der Waals surface area contributed by atoms with Crippen LogP contribution in [0.4, 0.5) is 0 Å². The van der Waals surface area contributed by atoms with Crippen LogP contribution in [-0.4, -0.2) is 17.3 Å². The maximum Gasteiger partial charge on any atom is 0.163 e. The van der Waals surface area contributed by atoms with Crippen molar-refractivity contribution in [1.29, 1.82) is 0 Å². The van der Waals surface area contributed by atoms with Gasteiger partial charge in [0.2, 0.25) is 0 Å². The standard InChI is InChI=1S/C10H14OS2/c1-7-3-4-8(9(7)11)10-12-5-2-6-13-10/h7H,2-6H2,1H3. The summed E-state index contributed by atoms with van der Waals surface area (Å²) in [6, 6.07) is 0. The van der Waals surface area contributed by atoms with E-state index in [0.29, 0.717) is 5.78 Å². The lowest BCUT2D eigenvalue weighted by atomic mass is 10.1. The molecule has 2 fully saturated rings. The van der Waals surface area contributed by atoms with Gasteiger partial charge in [-0.3, -0.25) is 4.79 Å². The molecule has 0 aromatic rings. The molecule has 2 aliphatic rings. The Balaban J connectivity index is 2.17. The molecule has 0 bridgehead atoms. The molecule has 0 aromatic carbocycles. The van der Waals surface area contributed by atoms with Gasteiger partial charge >= 0.3 is 0 Å². The second-order valence-corrected chi connectivity index (χ2v) is 6.09. The van der Waals surface area contributed by atoms with Crippen LogP contribution in [0.15, 0.2) is 9.81 Å². The first kappa shape index (κ1) is 9.66. The SMILES string of the molecule is CC1CCC(=C2SCCCS2)C1=O. The molecule has 0 aromatic heterocycles. The number of Topliss-reactive ketones (excluding diaryl/α,β-unsaturated/α-hetero) is 1. The van der Waals surface area contributed by atoms with Crippen molar-refractivity contribution < 1.29 is 4.79 Å². The molecular weight excluding hydrogens is 200 g/mol. The highest BCUT2D eigenvalue weighted by molar-refractivity contribution is 8.22. The number of carbonyl (C=O) groups is 1. The monoisotopic (exact) mass is 214 g/mol. The minimum Gasteiger partial charge on any atom is -0.294 e. The maximum absolute atomic E-state index is 11.7. The van der Waals surface area contributed by atoms with Gasteiger partial charge < -0.3 is 0 Å². The van der Waals surface area contributed by atoms with Crippen LogP contribution >= 0.6 is 23.5 Å². The van der Waals surface area contributed by atoms with Gasteiger partial charge in [-0.1, -0.05) is 6.92 Å². The Hall–Kier alpha value is 0.110. The average Bonchev–Trinajstić information content (AvgIpc) is 2.49. The van der Waals surface area contributed by atoms with E-state index in [1.165, 1.54) is 22.2 Å². The molecule has 0 radical (unpaired) electrons. The summed E-state index contributed by atoms with van der Waals surface area (Å²) in [4.78, 5) is 11.7. The Morgan fingerprint density at radius 3 is 2.54 bits per heavy atom. The van der Waals surface area contributed by atoms with E-state index in [2.05, 4.69) is 0 Å². The van der Waals surface area contributed by atoms with E-state index >= 15 is 0 Å². The van der Waals surface area contributed by atoms with Crippen LogP contribution in [0.5, 0.6) is 0 Å². The maximum atomic E-state index is 11.7. The molecule has 1 saturated carbocycles. The minimum absolute atomic E-state index is 0.283. The van der Waals surface area contributed by atoms with Gasteiger partial charge in [0.1, 0.15) is 0 Å². The molecule has 0 spiro atoms. The largest absolute Gasteiger partial charge is 0.294 e. The van der Waals surface area contributed by atoms with Crippen LogP contribution in [0.25, 0.3) is 0 Å². The summed E-state index contributed by atoms with van der Waals surface area (Å²) in [5, 5.41) is 0. The Kier molecular flexibility index (Phi) is 3.04. The van der Waals surface area contributed by atoms with E-state index in [4.69, 9.17) is 0 Å². The van der Waals surface area contributed by atoms with Crippen LogP contribution < -0.4 is 0 Å². The van der Waals surface area contributed by atoms with Gasteiger partial charge in [0.05, 0.1) is 0 Å². The molecule has 1 aliphatic carbocycles. The predicted molar refractivity (Wildman–Crippen MR) is 60.0 cm³/mol. The van der Waals surface area contributed by atoms with E-state index < -0.39 is 0 Å². The number of thioether (sulfide) groups is 2. The molecule has 1 nitrogen and oxygen atoms in total. The third-order valence-corrected chi connectivity index (χ3v) is 5.28. The van der Waals surface area contributed by atoms with Crippen LogP contribution in [0.3, 0.4) is 0 Å². The van der Waals surface area contributed by atoms with Crippen molar-refractivity contribution in [2.45, 2.75) is 26.2 Å². The van der Waals surface area contributed by atoms with E-state index in [9.17, 15) is 4.79 Å². The van der Waals surface area contributed by atoms with Crippen molar-refractivity contribution in [3.8, 4) is 0 Å². The highest BCUT2D eigenvalue weighted by atomic mass is 32.2. The van der Waals surface area contributed by atoms with Crippen molar-refractivity contribution in [3.05, 3.63) is 9.81 Å². The fourth-order valence-electron chi connectivity index (χ4n) is 1.72. The van der Waals surface area contributed by atoms with Crippen LogP contribution in [-0.2, 0) is 4.79 Å². The molecular formula is C10H14OS2. The zero-order chi connectivity index (χ0) is 9.26.